The van der Waals surface area contributed by atoms with Crippen LogP contribution in [0.3, 0.4) is 0 Å². The Balaban J connectivity index is 1.78. The van der Waals surface area contributed by atoms with Gasteiger partial charge in [0.2, 0.25) is 0 Å². The zero-order valence-corrected chi connectivity index (χ0v) is 12.5. The molecule has 3 rings (SSSR count). The van der Waals surface area contributed by atoms with Crippen molar-refractivity contribution < 1.29 is 4.39 Å². The van der Waals surface area contributed by atoms with Crippen molar-refractivity contribution in [1.29, 1.82) is 0 Å². The number of nitrogens with one attached hydrogen (secondary N) is 1. The monoisotopic (exact) mass is 276 g/mol. The maximum Gasteiger partial charge on any atom is 0.129 e. The fraction of sp³-hybridized carbons (Fsp3) is 0.647. The summed E-state index contributed by atoms with van der Waals surface area (Å²) < 4.78 is 14.2. The molecule has 1 aromatic rings. The molecule has 3 heteroatoms. The lowest BCUT2D eigenvalue weighted by molar-refractivity contribution is 0.526. The van der Waals surface area contributed by atoms with Crippen LogP contribution in [0.1, 0.15) is 38.7 Å². The molecule has 110 valence electrons. The van der Waals surface area contributed by atoms with Gasteiger partial charge in [0.15, 0.2) is 0 Å². The van der Waals surface area contributed by atoms with E-state index in [1.807, 2.05) is 6.07 Å². The number of halogens is 1. The van der Waals surface area contributed by atoms with Gasteiger partial charge in [-0.1, -0.05) is 19.9 Å². The van der Waals surface area contributed by atoms with Crippen molar-refractivity contribution in [2.45, 2.75) is 45.7 Å². The zero-order valence-electron chi connectivity index (χ0n) is 12.5. The fourth-order valence-corrected chi connectivity index (χ4v) is 3.70. The van der Waals surface area contributed by atoms with Gasteiger partial charge in [0.25, 0.3) is 0 Å². The van der Waals surface area contributed by atoms with E-state index in [9.17, 15) is 4.39 Å². The first-order chi connectivity index (χ1) is 9.65. The highest BCUT2D eigenvalue weighted by molar-refractivity contribution is 5.56. The lowest BCUT2D eigenvalue weighted by Gasteiger charge is -2.31. The smallest absolute Gasteiger partial charge is 0.129 e. The molecule has 1 saturated heterocycles. The van der Waals surface area contributed by atoms with Gasteiger partial charge in [-0.3, -0.25) is 0 Å². The molecule has 2 aliphatic rings. The number of rotatable bonds is 5. The summed E-state index contributed by atoms with van der Waals surface area (Å²) >= 11 is 0. The summed E-state index contributed by atoms with van der Waals surface area (Å²) in [7, 11) is 0. The average molecular weight is 276 g/mol. The van der Waals surface area contributed by atoms with Crippen LogP contribution < -0.4 is 10.2 Å². The van der Waals surface area contributed by atoms with Gasteiger partial charge in [-0.05, 0) is 49.8 Å². The van der Waals surface area contributed by atoms with Crippen LogP contribution in [0.4, 0.5) is 10.1 Å². The predicted molar refractivity (Wildman–Crippen MR) is 81.4 cm³/mol. The lowest BCUT2D eigenvalue weighted by Crippen LogP contribution is -2.33. The van der Waals surface area contributed by atoms with Crippen LogP contribution in [-0.4, -0.2) is 19.1 Å². The molecule has 1 saturated carbocycles. The van der Waals surface area contributed by atoms with Gasteiger partial charge in [0.1, 0.15) is 5.82 Å². The van der Waals surface area contributed by atoms with Gasteiger partial charge in [0.05, 0.1) is 0 Å². The second-order valence-corrected chi connectivity index (χ2v) is 6.75. The number of anilines is 1. The molecule has 2 atom stereocenters. The van der Waals surface area contributed by atoms with E-state index in [4.69, 9.17) is 0 Å². The Morgan fingerprint density at radius 3 is 2.85 bits per heavy atom. The van der Waals surface area contributed by atoms with Gasteiger partial charge < -0.3 is 10.2 Å². The molecule has 1 N–H and O–H groups in total. The summed E-state index contributed by atoms with van der Waals surface area (Å²) in [5.74, 6) is 1.36. The Kier molecular flexibility index (Phi) is 3.97. The van der Waals surface area contributed by atoms with E-state index < -0.39 is 0 Å². The van der Waals surface area contributed by atoms with E-state index in [1.165, 1.54) is 19.3 Å². The van der Waals surface area contributed by atoms with E-state index in [0.717, 1.165) is 30.3 Å². The van der Waals surface area contributed by atoms with E-state index in [2.05, 4.69) is 30.1 Å². The molecule has 0 radical (unpaired) electrons. The molecular weight excluding hydrogens is 251 g/mol. The molecule has 0 amide bonds. The quantitative estimate of drug-likeness (QED) is 0.884. The Morgan fingerprint density at radius 2 is 2.20 bits per heavy atom. The molecule has 1 heterocycles. The third-order valence-corrected chi connectivity index (χ3v) is 4.67. The number of benzene rings is 1. The van der Waals surface area contributed by atoms with Gasteiger partial charge in [-0.25, -0.2) is 4.39 Å². The first-order valence-electron chi connectivity index (χ1n) is 7.90. The Labute approximate surface area is 121 Å². The molecule has 2 bridgehead atoms. The van der Waals surface area contributed by atoms with Crippen LogP contribution in [0.2, 0.25) is 0 Å². The Hall–Kier alpha value is -1.09. The minimum Gasteiger partial charge on any atom is -0.368 e. The number of fused-ring (bicyclic) bond motifs is 2. The maximum atomic E-state index is 14.2. The van der Waals surface area contributed by atoms with Gasteiger partial charge in [-0.2, -0.15) is 0 Å². The summed E-state index contributed by atoms with van der Waals surface area (Å²) in [5.41, 5.74) is 1.97. The van der Waals surface area contributed by atoms with Crippen LogP contribution in [0, 0.1) is 17.7 Å². The summed E-state index contributed by atoms with van der Waals surface area (Å²) in [5, 5.41) is 3.38. The minimum atomic E-state index is -0.0680. The van der Waals surface area contributed by atoms with Crippen LogP contribution in [0.5, 0.6) is 0 Å². The zero-order chi connectivity index (χ0) is 14.1. The molecule has 2 fully saturated rings. The van der Waals surface area contributed by atoms with Crippen molar-refractivity contribution in [3.05, 3.63) is 29.6 Å². The third-order valence-electron chi connectivity index (χ3n) is 4.67. The average Bonchev–Trinajstić information content (AvgIpc) is 3.02. The second-order valence-electron chi connectivity index (χ2n) is 6.75. The normalized spacial score (nSPS) is 24.9. The largest absolute Gasteiger partial charge is 0.368 e. The second kappa shape index (κ2) is 5.72. The van der Waals surface area contributed by atoms with Crippen LogP contribution >= 0.6 is 0 Å². The number of nitrogens with zero attached hydrogens (tertiary/aromatic N) is 1. The van der Waals surface area contributed by atoms with E-state index >= 15 is 0 Å². The molecule has 0 aromatic heterocycles. The first-order valence-corrected chi connectivity index (χ1v) is 7.90. The van der Waals surface area contributed by atoms with E-state index in [0.29, 0.717) is 18.5 Å². The SMILES string of the molecule is CC(C)CNCc1c(F)cccc1N1CC2CCC1C2. The van der Waals surface area contributed by atoms with Crippen molar-refractivity contribution in [3.63, 3.8) is 0 Å². The van der Waals surface area contributed by atoms with Crippen molar-refractivity contribution in [2.75, 3.05) is 18.0 Å². The lowest BCUT2D eigenvalue weighted by atomic mass is 10.1. The van der Waals surface area contributed by atoms with Crippen LogP contribution in [0.15, 0.2) is 18.2 Å². The standard InChI is InChI=1S/C17H25FN2/c1-12(2)9-19-10-15-16(18)4-3-5-17(15)20-11-13-6-7-14(20)8-13/h3-5,12-14,19H,6-11H2,1-2H3. The van der Waals surface area contributed by atoms with Gasteiger partial charge in [0, 0.05) is 30.4 Å². The maximum absolute atomic E-state index is 14.2. The summed E-state index contributed by atoms with van der Waals surface area (Å²) in [6.07, 6.45) is 3.94. The summed E-state index contributed by atoms with van der Waals surface area (Å²) in [6, 6.07) is 6.17. The molecular formula is C17H25FN2. The topological polar surface area (TPSA) is 15.3 Å². The van der Waals surface area contributed by atoms with Crippen LogP contribution in [-0.2, 0) is 6.54 Å². The highest BCUT2D eigenvalue weighted by Gasteiger charge is 2.38. The van der Waals surface area contributed by atoms with Crippen molar-refractivity contribution >= 4 is 5.69 Å². The molecule has 2 nitrogen and oxygen atoms in total. The summed E-state index contributed by atoms with van der Waals surface area (Å²) in [4.78, 5) is 2.45. The third kappa shape index (κ3) is 2.69. The van der Waals surface area contributed by atoms with Crippen molar-refractivity contribution in [1.82, 2.24) is 5.32 Å². The first kappa shape index (κ1) is 13.9. The van der Waals surface area contributed by atoms with Crippen LogP contribution in [0.25, 0.3) is 0 Å². The molecule has 1 aliphatic carbocycles. The van der Waals surface area contributed by atoms with Gasteiger partial charge >= 0.3 is 0 Å². The summed E-state index contributed by atoms with van der Waals surface area (Å²) in [6.45, 7) is 7.03. The van der Waals surface area contributed by atoms with E-state index in [1.54, 1.807) is 6.07 Å². The minimum absolute atomic E-state index is 0.0680. The van der Waals surface area contributed by atoms with Gasteiger partial charge in [-0.15, -0.1) is 0 Å². The highest BCUT2D eigenvalue weighted by atomic mass is 19.1. The number of piperidine rings is 1. The molecule has 0 spiro atoms. The molecule has 20 heavy (non-hydrogen) atoms. The van der Waals surface area contributed by atoms with E-state index in [-0.39, 0.29) is 5.82 Å². The molecule has 2 unspecified atom stereocenters. The molecule has 1 aliphatic heterocycles. The van der Waals surface area contributed by atoms with Crippen molar-refractivity contribution in [3.8, 4) is 0 Å². The van der Waals surface area contributed by atoms with Crippen molar-refractivity contribution in [2.24, 2.45) is 11.8 Å². The Morgan fingerprint density at radius 1 is 1.35 bits per heavy atom. The fourth-order valence-electron chi connectivity index (χ4n) is 3.70. The highest BCUT2D eigenvalue weighted by Crippen LogP contribution is 2.41. The number of hydrogen-bond acceptors (Lipinski definition) is 2. The number of hydrogen-bond donors (Lipinski definition) is 1. The Bertz CT molecular complexity index is 472. The predicted octanol–water partition coefficient (Wildman–Crippen LogP) is 3.56. The molecule has 1 aromatic carbocycles.